The van der Waals surface area contributed by atoms with Crippen LogP contribution in [0.2, 0.25) is 0 Å². The Morgan fingerprint density at radius 2 is 0.944 bits per heavy atom. The molecule has 0 aromatic heterocycles. The van der Waals surface area contributed by atoms with Gasteiger partial charge in [-0.05, 0) is 143 Å². The van der Waals surface area contributed by atoms with E-state index in [9.17, 15) is 28.8 Å². The molecule has 1 saturated carbocycles. The summed E-state index contributed by atoms with van der Waals surface area (Å²) in [5.41, 5.74) is 4.97. The van der Waals surface area contributed by atoms with Gasteiger partial charge in [-0.15, -0.1) is 0 Å². The van der Waals surface area contributed by atoms with Crippen molar-refractivity contribution in [3.8, 4) is 0 Å². The predicted molar refractivity (Wildman–Crippen MR) is 288 cm³/mol. The van der Waals surface area contributed by atoms with Gasteiger partial charge in [-0.25, -0.2) is 28.8 Å². The summed E-state index contributed by atoms with van der Waals surface area (Å²) in [7, 11) is 0. The molecule has 18 nitrogen and oxygen atoms in total. The Hall–Kier alpha value is -5.16. The van der Waals surface area contributed by atoms with E-state index in [1.807, 2.05) is 69.2 Å². The lowest BCUT2D eigenvalue weighted by molar-refractivity contribution is 0.0624. The van der Waals surface area contributed by atoms with Gasteiger partial charge >= 0.3 is 36.6 Å². The molecule has 0 radical (unpaired) electrons. The van der Waals surface area contributed by atoms with E-state index in [4.69, 9.17) is 28.4 Å². The minimum absolute atomic E-state index is 0. The Morgan fingerprint density at radius 3 is 1.38 bits per heavy atom. The Balaban J connectivity index is 0. The van der Waals surface area contributed by atoms with Crippen molar-refractivity contribution in [2.24, 2.45) is 22.2 Å². The smallest absolute Gasteiger partial charge is 0.411 e. The molecule has 1 aromatic carbocycles. The number of carbonyl (C=O) groups excluding carboxylic acids is 6. The molecule has 0 spiro atoms. The summed E-state index contributed by atoms with van der Waals surface area (Å²) in [6.07, 6.45) is 6.91. The minimum atomic E-state index is -0.495. The largest absolute Gasteiger partial charge is 0.450 e. The van der Waals surface area contributed by atoms with Gasteiger partial charge in [-0.3, -0.25) is 10.6 Å². The average Bonchev–Trinajstić information content (AvgIpc) is 3.30. The molecule has 18 heteroatoms. The number of benzene rings is 1. The van der Waals surface area contributed by atoms with Crippen molar-refractivity contribution < 1.29 is 57.2 Å². The zero-order valence-electron chi connectivity index (χ0n) is 46.7. The molecule has 3 unspecified atom stereocenters. The second-order valence-corrected chi connectivity index (χ2v) is 20.6. The lowest BCUT2D eigenvalue weighted by Crippen LogP contribution is -2.50. The van der Waals surface area contributed by atoms with Gasteiger partial charge in [-0.2, -0.15) is 0 Å². The molecule has 1 fully saturated rings. The highest BCUT2D eigenvalue weighted by Crippen LogP contribution is 2.46. The maximum Gasteiger partial charge on any atom is 0.411 e. The number of nitrogens with one attached hydrogen (secondary N) is 6. The number of carbonyl (C=O) groups is 6. The van der Waals surface area contributed by atoms with E-state index in [0.717, 1.165) is 92.9 Å². The summed E-state index contributed by atoms with van der Waals surface area (Å²) < 4.78 is 30.3. The molecule has 6 amide bonds. The summed E-state index contributed by atoms with van der Waals surface area (Å²) >= 11 is 0. The van der Waals surface area contributed by atoms with E-state index in [0.29, 0.717) is 76.6 Å². The van der Waals surface area contributed by atoms with E-state index in [1.165, 1.54) is 0 Å². The summed E-state index contributed by atoms with van der Waals surface area (Å²) in [4.78, 5) is 70.2. The number of ether oxygens (including phenoxy) is 6. The molecule has 0 saturated heterocycles. The van der Waals surface area contributed by atoms with E-state index in [1.54, 1.807) is 0 Å². The maximum atomic E-state index is 11.9. The van der Waals surface area contributed by atoms with E-state index >= 15 is 0 Å². The monoisotopic (exact) mass is 1020 g/mol. The zero-order chi connectivity index (χ0) is 54.2. The Labute approximate surface area is 434 Å². The van der Waals surface area contributed by atoms with Gasteiger partial charge in [0.15, 0.2) is 0 Å². The van der Waals surface area contributed by atoms with Crippen LogP contribution in [0.3, 0.4) is 0 Å². The number of amides is 6. The van der Waals surface area contributed by atoms with Crippen LogP contribution in [0.4, 0.5) is 40.1 Å². The predicted octanol–water partition coefficient (Wildman–Crippen LogP) is 13.0. The van der Waals surface area contributed by atoms with Crippen LogP contribution in [0.5, 0.6) is 0 Å². The van der Waals surface area contributed by atoms with Gasteiger partial charge in [0.25, 0.3) is 0 Å². The topological polar surface area (TPSA) is 230 Å². The van der Waals surface area contributed by atoms with Crippen molar-refractivity contribution in [1.29, 1.82) is 0 Å². The molecule has 72 heavy (non-hydrogen) atoms. The minimum Gasteiger partial charge on any atom is -0.450 e. The number of rotatable bonds is 24. The molecular weight excluding hydrogens is 925 g/mol. The third-order valence-corrected chi connectivity index (χ3v) is 11.6. The molecule has 6 N–H and O–H groups in total. The molecule has 0 bridgehead atoms. The lowest BCUT2D eigenvalue weighted by Gasteiger charge is -2.46. The zero-order valence-corrected chi connectivity index (χ0v) is 46.7. The van der Waals surface area contributed by atoms with Crippen LogP contribution in [0.25, 0.3) is 0 Å². The standard InChI is InChI=1S/C18H28N2O4.C18H34N2O4.C17H34N2O4.CH4/c1-7-9-23-17(21)19-15-12(4)11(3)13(5)16(14(15)6)20-18(22)24-10-8-2;1-6-8-23-15(21)19-13-18(5)11-14(10-17(3,4)12-18)20-16(22)24-9-7-2;1-6-10-22-15(20)18-9-8-14(3)12-17(4,5)13-19-16(21)23-11-7-2;/h7-10H2,1-6H3,(H,19,21)(H,20,22);14H,6-13H2,1-5H3,(H,19,21)(H,20,22);14H,6-13H2,1-5H3,(H,18,20)(H,19,21);1H4. The van der Waals surface area contributed by atoms with Crippen LogP contribution in [0.15, 0.2) is 0 Å². The molecule has 3 atom stereocenters. The quantitative estimate of drug-likeness (QED) is 0.0531. The van der Waals surface area contributed by atoms with Crippen molar-refractivity contribution >= 4 is 47.9 Å². The van der Waals surface area contributed by atoms with Crippen molar-refractivity contribution in [2.45, 2.75) is 195 Å². The van der Waals surface area contributed by atoms with Gasteiger partial charge < -0.3 is 49.7 Å². The molecule has 2 rings (SSSR count). The van der Waals surface area contributed by atoms with Crippen molar-refractivity contribution in [1.82, 2.24) is 21.3 Å². The Bertz CT molecular complexity index is 1720. The number of hydrogen-bond acceptors (Lipinski definition) is 12. The van der Waals surface area contributed by atoms with Gasteiger partial charge in [0.2, 0.25) is 0 Å². The van der Waals surface area contributed by atoms with Gasteiger partial charge in [0.05, 0.1) is 51.0 Å². The number of anilines is 2. The van der Waals surface area contributed by atoms with Crippen molar-refractivity contribution in [3.63, 3.8) is 0 Å². The number of hydrogen-bond donors (Lipinski definition) is 6. The summed E-state index contributed by atoms with van der Waals surface area (Å²) in [5, 5.41) is 17.0. The summed E-state index contributed by atoms with van der Waals surface area (Å²) in [6.45, 7) is 36.6. The Kier molecular flexibility index (Phi) is 35.1. The van der Waals surface area contributed by atoms with Crippen LogP contribution in [-0.4, -0.2) is 102 Å². The average molecular weight is 1030 g/mol. The molecule has 1 aromatic rings. The third kappa shape index (κ3) is 30.0. The maximum absolute atomic E-state index is 11.9. The van der Waals surface area contributed by atoms with Crippen LogP contribution in [0.1, 0.15) is 183 Å². The van der Waals surface area contributed by atoms with Gasteiger partial charge in [0.1, 0.15) is 0 Å². The fourth-order valence-electron chi connectivity index (χ4n) is 8.53. The summed E-state index contributed by atoms with van der Waals surface area (Å²) in [6, 6.07) is 0.0524. The molecule has 418 valence electrons. The molecule has 1 aliphatic carbocycles. The van der Waals surface area contributed by atoms with Crippen LogP contribution in [0, 0.1) is 49.9 Å². The fourth-order valence-corrected chi connectivity index (χ4v) is 8.53. The highest BCUT2D eigenvalue weighted by molar-refractivity contribution is 5.94. The third-order valence-electron chi connectivity index (χ3n) is 11.6. The van der Waals surface area contributed by atoms with E-state index in [2.05, 4.69) is 73.4 Å². The van der Waals surface area contributed by atoms with Crippen molar-refractivity contribution in [3.05, 3.63) is 22.3 Å². The van der Waals surface area contributed by atoms with Crippen molar-refractivity contribution in [2.75, 3.05) is 69.9 Å². The first-order chi connectivity index (χ1) is 33.3. The van der Waals surface area contributed by atoms with Gasteiger partial charge in [0, 0.05) is 25.7 Å². The highest BCUT2D eigenvalue weighted by atomic mass is 16.6. The number of alkyl carbamates (subject to hydrolysis) is 4. The van der Waals surface area contributed by atoms with E-state index in [-0.39, 0.29) is 54.1 Å². The van der Waals surface area contributed by atoms with E-state index < -0.39 is 12.2 Å². The van der Waals surface area contributed by atoms with Crippen LogP contribution < -0.4 is 31.9 Å². The van der Waals surface area contributed by atoms with Crippen LogP contribution in [-0.2, 0) is 28.4 Å². The fraction of sp³-hybridized carbons (Fsp3) is 0.778. The molecule has 0 heterocycles. The molecular formula is C54H100N6O12. The van der Waals surface area contributed by atoms with Gasteiger partial charge in [-0.1, -0.05) is 90.5 Å². The van der Waals surface area contributed by atoms with Crippen LogP contribution >= 0.6 is 0 Å². The molecule has 1 aliphatic rings. The second-order valence-electron chi connectivity index (χ2n) is 20.6. The second kappa shape index (κ2) is 36.7. The normalized spacial score (nSPS) is 15.9. The lowest BCUT2D eigenvalue weighted by atomic mass is 9.62. The first-order valence-electron chi connectivity index (χ1n) is 26.0. The summed E-state index contributed by atoms with van der Waals surface area (Å²) in [5.74, 6) is 0.435. The Morgan fingerprint density at radius 1 is 0.556 bits per heavy atom. The molecule has 0 aliphatic heterocycles. The SMILES string of the molecule is C.CCCOC(=O)NCC1(C)CC(NC(=O)OCCC)CC(C)(C)C1.CCCOC(=O)NCCC(C)CC(C)(C)CNC(=O)OCCC.CCCOC(=O)Nc1c(C)c(C)c(C)c(NC(=O)OCCC)c1C. The first kappa shape index (κ1) is 68.9. The highest BCUT2D eigenvalue weighted by Gasteiger charge is 2.42. The first-order valence-corrected chi connectivity index (χ1v) is 26.0.